The highest BCUT2D eigenvalue weighted by Gasteiger charge is 2.16. The normalized spacial score (nSPS) is 17.3. The van der Waals surface area contributed by atoms with Crippen molar-refractivity contribution in [3.8, 4) is 0 Å². The van der Waals surface area contributed by atoms with Crippen LogP contribution in [0.1, 0.15) is 18.4 Å². The quantitative estimate of drug-likeness (QED) is 0.470. The SMILES string of the molecule is CSc1ccc(C=CC(=O)OCC(=O)NCC2CCCO2)cc1. The average Bonchev–Trinajstić information content (AvgIpc) is 3.10. The Hall–Kier alpha value is -1.79. The van der Waals surface area contributed by atoms with E-state index >= 15 is 0 Å². The molecule has 0 saturated carbocycles. The highest BCUT2D eigenvalue weighted by atomic mass is 32.2. The predicted molar refractivity (Wildman–Crippen MR) is 90.2 cm³/mol. The molecule has 1 aliphatic rings. The minimum absolute atomic E-state index is 0.0822. The molecule has 124 valence electrons. The number of thioether (sulfide) groups is 1. The van der Waals surface area contributed by atoms with Gasteiger partial charge >= 0.3 is 5.97 Å². The molecule has 1 heterocycles. The number of nitrogens with one attached hydrogen (secondary N) is 1. The maximum absolute atomic E-state index is 11.6. The second-order valence-electron chi connectivity index (χ2n) is 5.15. The molecule has 1 aliphatic heterocycles. The summed E-state index contributed by atoms with van der Waals surface area (Å²) in [5, 5.41) is 2.70. The van der Waals surface area contributed by atoms with Crippen LogP contribution in [0.5, 0.6) is 0 Å². The van der Waals surface area contributed by atoms with E-state index in [2.05, 4.69) is 5.32 Å². The summed E-state index contributed by atoms with van der Waals surface area (Å²) >= 11 is 1.66. The molecule has 1 atom stereocenters. The molecule has 0 aliphatic carbocycles. The van der Waals surface area contributed by atoms with Crippen molar-refractivity contribution in [2.45, 2.75) is 23.8 Å². The fraction of sp³-hybridized carbons (Fsp3) is 0.412. The maximum atomic E-state index is 11.6. The van der Waals surface area contributed by atoms with Crippen molar-refractivity contribution >= 4 is 29.7 Å². The van der Waals surface area contributed by atoms with Crippen LogP contribution in [-0.2, 0) is 19.1 Å². The Morgan fingerprint density at radius 1 is 1.39 bits per heavy atom. The van der Waals surface area contributed by atoms with Crippen molar-refractivity contribution in [2.24, 2.45) is 0 Å². The third kappa shape index (κ3) is 6.46. The fourth-order valence-electron chi connectivity index (χ4n) is 2.15. The Morgan fingerprint density at radius 3 is 2.83 bits per heavy atom. The molecule has 1 N–H and O–H groups in total. The number of ether oxygens (including phenoxy) is 2. The standard InChI is InChI=1S/C17H21NO4S/c1-23-15-7-4-13(5-8-15)6-9-17(20)22-12-16(19)18-11-14-3-2-10-21-14/h4-9,14H,2-3,10-12H2,1H3,(H,18,19). The van der Waals surface area contributed by atoms with E-state index in [0.717, 1.165) is 29.9 Å². The van der Waals surface area contributed by atoms with E-state index in [-0.39, 0.29) is 18.6 Å². The molecule has 0 radical (unpaired) electrons. The highest BCUT2D eigenvalue weighted by Crippen LogP contribution is 2.15. The zero-order valence-electron chi connectivity index (χ0n) is 13.1. The molecule has 6 heteroatoms. The van der Waals surface area contributed by atoms with Gasteiger partial charge in [-0.05, 0) is 42.9 Å². The first-order valence-corrected chi connectivity index (χ1v) is 8.77. The lowest BCUT2D eigenvalue weighted by Gasteiger charge is -2.10. The van der Waals surface area contributed by atoms with Gasteiger partial charge in [-0.25, -0.2) is 4.79 Å². The first-order valence-electron chi connectivity index (χ1n) is 7.54. The van der Waals surface area contributed by atoms with Crippen LogP contribution < -0.4 is 5.32 Å². The van der Waals surface area contributed by atoms with Crippen LogP contribution in [0, 0.1) is 0 Å². The van der Waals surface area contributed by atoms with Crippen molar-refractivity contribution in [3.05, 3.63) is 35.9 Å². The van der Waals surface area contributed by atoms with Crippen molar-refractivity contribution < 1.29 is 19.1 Å². The van der Waals surface area contributed by atoms with Gasteiger partial charge in [0, 0.05) is 24.1 Å². The van der Waals surface area contributed by atoms with E-state index in [1.807, 2.05) is 30.5 Å². The summed E-state index contributed by atoms with van der Waals surface area (Å²) in [5.41, 5.74) is 0.905. The zero-order valence-corrected chi connectivity index (χ0v) is 13.9. The van der Waals surface area contributed by atoms with Crippen molar-refractivity contribution in [1.82, 2.24) is 5.32 Å². The van der Waals surface area contributed by atoms with Crippen molar-refractivity contribution in [1.29, 1.82) is 0 Å². The molecule has 1 fully saturated rings. The maximum Gasteiger partial charge on any atom is 0.331 e. The number of carbonyl (C=O) groups excluding carboxylic acids is 2. The minimum Gasteiger partial charge on any atom is -0.452 e. The van der Waals surface area contributed by atoms with E-state index in [1.54, 1.807) is 17.8 Å². The Kier molecular flexibility index (Phi) is 7.16. The highest BCUT2D eigenvalue weighted by molar-refractivity contribution is 7.98. The summed E-state index contributed by atoms with van der Waals surface area (Å²) in [6.45, 7) is 0.938. The van der Waals surface area contributed by atoms with Crippen LogP contribution in [-0.4, -0.2) is 44.0 Å². The molecular formula is C17H21NO4S. The average molecular weight is 335 g/mol. The lowest BCUT2D eigenvalue weighted by atomic mass is 10.2. The van der Waals surface area contributed by atoms with Crippen LogP contribution in [0.4, 0.5) is 0 Å². The van der Waals surface area contributed by atoms with Gasteiger partial charge in [-0.2, -0.15) is 0 Å². The van der Waals surface area contributed by atoms with E-state index < -0.39 is 5.97 Å². The smallest absolute Gasteiger partial charge is 0.331 e. The number of amides is 1. The summed E-state index contributed by atoms with van der Waals surface area (Å²) in [5.74, 6) is -0.849. The van der Waals surface area contributed by atoms with Gasteiger partial charge in [-0.1, -0.05) is 12.1 Å². The molecule has 1 aromatic rings. The number of rotatable bonds is 7. The van der Waals surface area contributed by atoms with E-state index in [1.165, 1.54) is 6.08 Å². The Bertz CT molecular complexity index is 550. The molecule has 0 spiro atoms. The minimum atomic E-state index is -0.536. The summed E-state index contributed by atoms with van der Waals surface area (Å²) in [7, 11) is 0. The van der Waals surface area contributed by atoms with Crippen LogP contribution in [0.3, 0.4) is 0 Å². The molecular weight excluding hydrogens is 314 g/mol. The number of benzene rings is 1. The molecule has 0 aromatic heterocycles. The fourth-order valence-corrected chi connectivity index (χ4v) is 2.56. The zero-order chi connectivity index (χ0) is 16.5. The Morgan fingerprint density at radius 2 is 2.17 bits per heavy atom. The van der Waals surface area contributed by atoms with Gasteiger partial charge in [0.1, 0.15) is 0 Å². The van der Waals surface area contributed by atoms with Gasteiger partial charge in [0.2, 0.25) is 0 Å². The van der Waals surface area contributed by atoms with Crippen LogP contribution in [0.2, 0.25) is 0 Å². The predicted octanol–water partition coefficient (Wildman–Crippen LogP) is 2.26. The molecule has 2 rings (SSSR count). The Balaban J connectivity index is 1.66. The molecule has 1 amide bonds. The number of carbonyl (C=O) groups is 2. The number of esters is 1. The molecule has 1 saturated heterocycles. The van der Waals surface area contributed by atoms with Crippen LogP contribution in [0.25, 0.3) is 6.08 Å². The molecule has 5 nitrogen and oxygen atoms in total. The van der Waals surface area contributed by atoms with Crippen LogP contribution in [0.15, 0.2) is 35.2 Å². The van der Waals surface area contributed by atoms with Crippen molar-refractivity contribution in [3.63, 3.8) is 0 Å². The summed E-state index contributed by atoms with van der Waals surface area (Å²) in [6.07, 6.45) is 7.06. The van der Waals surface area contributed by atoms with Crippen LogP contribution >= 0.6 is 11.8 Å². The van der Waals surface area contributed by atoms with Gasteiger partial charge in [-0.3, -0.25) is 4.79 Å². The topological polar surface area (TPSA) is 64.6 Å². The summed E-state index contributed by atoms with van der Waals surface area (Å²) in [6, 6.07) is 7.80. The van der Waals surface area contributed by atoms with Crippen molar-refractivity contribution in [2.75, 3.05) is 26.0 Å². The first kappa shape index (κ1) is 17.6. The second kappa shape index (κ2) is 9.37. The monoisotopic (exact) mass is 335 g/mol. The van der Waals surface area contributed by atoms with Gasteiger partial charge in [0.15, 0.2) is 6.61 Å². The summed E-state index contributed by atoms with van der Waals surface area (Å²) < 4.78 is 10.3. The third-order valence-electron chi connectivity index (χ3n) is 3.42. The van der Waals surface area contributed by atoms with Gasteiger partial charge < -0.3 is 14.8 Å². The number of hydrogen-bond acceptors (Lipinski definition) is 5. The largest absolute Gasteiger partial charge is 0.452 e. The second-order valence-corrected chi connectivity index (χ2v) is 6.03. The van der Waals surface area contributed by atoms with E-state index in [9.17, 15) is 9.59 Å². The van der Waals surface area contributed by atoms with Gasteiger partial charge in [0.05, 0.1) is 6.10 Å². The lowest BCUT2D eigenvalue weighted by molar-refractivity contribution is -0.143. The molecule has 23 heavy (non-hydrogen) atoms. The van der Waals surface area contributed by atoms with Gasteiger partial charge in [0.25, 0.3) is 5.91 Å². The van der Waals surface area contributed by atoms with E-state index in [0.29, 0.717) is 6.54 Å². The molecule has 0 bridgehead atoms. The lowest BCUT2D eigenvalue weighted by Crippen LogP contribution is -2.34. The van der Waals surface area contributed by atoms with Gasteiger partial charge in [-0.15, -0.1) is 11.8 Å². The Labute approximate surface area is 140 Å². The summed E-state index contributed by atoms with van der Waals surface area (Å²) in [4.78, 5) is 24.3. The number of hydrogen-bond donors (Lipinski definition) is 1. The molecule has 1 unspecified atom stereocenters. The first-order chi connectivity index (χ1) is 11.2. The third-order valence-corrected chi connectivity index (χ3v) is 4.17. The van der Waals surface area contributed by atoms with E-state index in [4.69, 9.17) is 9.47 Å². The molecule has 1 aromatic carbocycles.